The van der Waals surface area contributed by atoms with Crippen molar-refractivity contribution in [3.63, 3.8) is 0 Å². The number of esters is 1. The van der Waals surface area contributed by atoms with Crippen molar-refractivity contribution in [1.82, 2.24) is 14.9 Å². The quantitative estimate of drug-likeness (QED) is 0.285. The van der Waals surface area contributed by atoms with Crippen molar-refractivity contribution < 1.29 is 33.2 Å². The SMILES string of the molecule is CCOC(=O)CN(CCOc1cc2c(Nc3ccc(F)c(Cl)c3)ncnc2cc1OC1CCOC1)CC(C)(C)O. The van der Waals surface area contributed by atoms with Gasteiger partial charge >= 0.3 is 5.97 Å². The number of rotatable bonds is 13. The second-order valence-electron chi connectivity index (χ2n) is 10.1. The highest BCUT2D eigenvalue weighted by Crippen LogP contribution is 2.36. The maximum atomic E-state index is 13.7. The Kier molecular flexibility index (Phi) is 9.96. The molecule has 10 nitrogen and oxygen atoms in total. The first-order chi connectivity index (χ1) is 19.1. The van der Waals surface area contributed by atoms with Crippen LogP contribution in [0.2, 0.25) is 5.02 Å². The number of benzene rings is 2. The highest BCUT2D eigenvalue weighted by Gasteiger charge is 2.23. The number of ether oxygens (including phenoxy) is 4. The van der Waals surface area contributed by atoms with Crippen molar-refractivity contribution in [1.29, 1.82) is 0 Å². The van der Waals surface area contributed by atoms with Crippen LogP contribution in [0.15, 0.2) is 36.7 Å². The lowest BCUT2D eigenvalue weighted by molar-refractivity contribution is -0.145. The minimum Gasteiger partial charge on any atom is -0.488 e. The van der Waals surface area contributed by atoms with Gasteiger partial charge in [-0.1, -0.05) is 11.6 Å². The van der Waals surface area contributed by atoms with Gasteiger partial charge in [0.1, 0.15) is 30.7 Å². The van der Waals surface area contributed by atoms with E-state index in [1.165, 1.54) is 18.5 Å². The fourth-order valence-electron chi connectivity index (χ4n) is 4.30. The van der Waals surface area contributed by atoms with Gasteiger partial charge in [-0.2, -0.15) is 0 Å². The molecule has 1 aliphatic rings. The molecule has 3 aromatic rings. The van der Waals surface area contributed by atoms with Crippen molar-refractivity contribution in [3.8, 4) is 11.5 Å². The molecule has 0 bridgehead atoms. The third kappa shape index (κ3) is 8.37. The van der Waals surface area contributed by atoms with Gasteiger partial charge < -0.3 is 29.4 Å². The standard InChI is InChI=1S/C28H34ClFN4O6/c1-4-38-26(35)14-34(16-28(2,3)36)8-10-39-24-12-20-23(13-25(24)40-19-7-9-37-15-19)31-17-32-27(20)33-18-5-6-22(30)21(29)11-18/h5-6,11-13,17,19,36H,4,7-10,14-16H2,1-3H3,(H,31,32,33). The van der Waals surface area contributed by atoms with Gasteiger partial charge in [0, 0.05) is 36.7 Å². The monoisotopic (exact) mass is 576 g/mol. The van der Waals surface area contributed by atoms with Gasteiger partial charge in [-0.3, -0.25) is 9.69 Å². The van der Waals surface area contributed by atoms with Gasteiger partial charge in [-0.05, 0) is 45.0 Å². The lowest BCUT2D eigenvalue weighted by atomic mass is 10.1. The molecular formula is C28H34ClFN4O6. The topological polar surface area (TPSA) is 115 Å². The van der Waals surface area contributed by atoms with Crippen LogP contribution in [0.5, 0.6) is 11.5 Å². The summed E-state index contributed by atoms with van der Waals surface area (Å²) in [6, 6.07) is 7.86. The van der Waals surface area contributed by atoms with Crippen LogP contribution < -0.4 is 14.8 Å². The minimum atomic E-state index is -1.02. The minimum absolute atomic E-state index is 0.0136. The van der Waals surface area contributed by atoms with Gasteiger partial charge in [0.2, 0.25) is 0 Å². The van der Waals surface area contributed by atoms with E-state index in [2.05, 4.69) is 15.3 Å². The number of nitrogens with zero attached hydrogens (tertiary/aromatic N) is 3. The van der Waals surface area contributed by atoms with E-state index in [-0.39, 0.29) is 43.4 Å². The van der Waals surface area contributed by atoms with Crippen molar-refractivity contribution >= 4 is 40.0 Å². The molecule has 2 aromatic carbocycles. The Morgan fingerprint density at radius 3 is 2.80 bits per heavy atom. The van der Waals surface area contributed by atoms with Crippen molar-refractivity contribution in [2.24, 2.45) is 0 Å². The Morgan fingerprint density at radius 1 is 1.27 bits per heavy atom. The number of aromatic nitrogens is 2. The van der Waals surface area contributed by atoms with E-state index in [1.807, 2.05) is 0 Å². The predicted molar refractivity (Wildman–Crippen MR) is 149 cm³/mol. The van der Waals surface area contributed by atoms with E-state index < -0.39 is 11.4 Å². The molecule has 1 aromatic heterocycles. The zero-order valence-electron chi connectivity index (χ0n) is 22.8. The summed E-state index contributed by atoms with van der Waals surface area (Å²) in [6.45, 7) is 7.26. The summed E-state index contributed by atoms with van der Waals surface area (Å²) in [6.07, 6.45) is 2.04. The molecule has 1 fully saturated rings. The normalized spacial score (nSPS) is 15.4. The molecule has 216 valence electrons. The molecule has 4 rings (SSSR count). The number of hydrogen-bond donors (Lipinski definition) is 2. The number of fused-ring (bicyclic) bond motifs is 1. The molecule has 0 aliphatic carbocycles. The average molecular weight is 577 g/mol. The number of hydrogen-bond acceptors (Lipinski definition) is 10. The fraction of sp³-hybridized carbons (Fsp3) is 0.464. The van der Waals surface area contributed by atoms with Crippen molar-refractivity contribution in [2.45, 2.75) is 38.9 Å². The molecule has 0 amide bonds. The van der Waals surface area contributed by atoms with E-state index >= 15 is 0 Å². The Bertz CT molecular complexity index is 1320. The molecule has 0 saturated carbocycles. The smallest absolute Gasteiger partial charge is 0.320 e. The Morgan fingerprint density at radius 2 is 2.10 bits per heavy atom. The van der Waals surface area contributed by atoms with Crippen LogP contribution in [-0.4, -0.2) is 83.7 Å². The van der Waals surface area contributed by atoms with E-state index in [9.17, 15) is 14.3 Å². The van der Waals surface area contributed by atoms with Gasteiger partial charge in [0.15, 0.2) is 11.5 Å². The number of carbonyl (C=O) groups is 1. The molecule has 2 heterocycles. The molecule has 0 radical (unpaired) electrons. The summed E-state index contributed by atoms with van der Waals surface area (Å²) in [5.41, 5.74) is 0.143. The highest BCUT2D eigenvalue weighted by atomic mass is 35.5. The summed E-state index contributed by atoms with van der Waals surface area (Å²) in [7, 11) is 0. The van der Waals surface area contributed by atoms with E-state index in [0.29, 0.717) is 53.7 Å². The predicted octanol–water partition coefficient (Wildman–Crippen LogP) is 4.35. The van der Waals surface area contributed by atoms with Crippen LogP contribution in [0.4, 0.5) is 15.9 Å². The highest BCUT2D eigenvalue weighted by molar-refractivity contribution is 6.31. The van der Waals surface area contributed by atoms with Crippen LogP contribution in [0.3, 0.4) is 0 Å². The van der Waals surface area contributed by atoms with E-state index in [4.69, 9.17) is 30.5 Å². The summed E-state index contributed by atoms with van der Waals surface area (Å²) in [4.78, 5) is 22.7. The molecule has 1 unspecified atom stereocenters. The zero-order chi connectivity index (χ0) is 28.7. The van der Waals surface area contributed by atoms with Crippen LogP contribution in [0, 0.1) is 5.82 Å². The molecule has 40 heavy (non-hydrogen) atoms. The molecule has 1 aliphatic heterocycles. The zero-order valence-corrected chi connectivity index (χ0v) is 23.5. The average Bonchev–Trinajstić information content (AvgIpc) is 3.39. The first kappa shape index (κ1) is 29.7. The summed E-state index contributed by atoms with van der Waals surface area (Å²) < 4.78 is 36.6. The first-order valence-corrected chi connectivity index (χ1v) is 13.5. The van der Waals surface area contributed by atoms with E-state index in [0.717, 1.165) is 6.42 Å². The lowest BCUT2D eigenvalue weighted by Crippen LogP contribution is -2.43. The van der Waals surface area contributed by atoms with Crippen LogP contribution in [-0.2, 0) is 14.3 Å². The molecular weight excluding hydrogens is 543 g/mol. The largest absolute Gasteiger partial charge is 0.488 e. The van der Waals surface area contributed by atoms with Gasteiger partial charge in [-0.25, -0.2) is 14.4 Å². The summed E-state index contributed by atoms with van der Waals surface area (Å²) in [5, 5.41) is 14.1. The number of nitrogens with one attached hydrogen (secondary N) is 1. The van der Waals surface area contributed by atoms with Crippen molar-refractivity contribution in [3.05, 3.63) is 47.5 Å². The second-order valence-corrected chi connectivity index (χ2v) is 10.5. The van der Waals surface area contributed by atoms with Crippen LogP contribution in [0.1, 0.15) is 27.2 Å². The molecule has 1 saturated heterocycles. The molecule has 12 heteroatoms. The number of aliphatic hydroxyl groups is 1. The Balaban J connectivity index is 1.59. The third-order valence-corrected chi connectivity index (χ3v) is 6.29. The second kappa shape index (κ2) is 13.4. The third-order valence-electron chi connectivity index (χ3n) is 6.00. The first-order valence-electron chi connectivity index (χ1n) is 13.1. The molecule has 0 spiro atoms. The Hall–Kier alpha value is -3.25. The van der Waals surface area contributed by atoms with E-state index in [1.54, 1.807) is 43.9 Å². The fourth-order valence-corrected chi connectivity index (χ4v) is 4.48. The lowest BCUT2D eigenvalue weighted by Gasteiger charge is -2.28. The molecule has 2 N–H and O–H groups in total. The number of halogens is 2. The van der Waals surface area contributed by atoms with Crippen LogP contribution >= 0.6 is 11.6 Å². The van der Waals surface area contributed by atoms with Crippen LogP contribution in [0.25, 0.3) is 10.9 Å². The van der Waals surface area contributed by atoms with Gasteiger partial charge in [0.05, 0.1) is 42.5 Å². The summed E-state index contributed by atoms with van der Waals surface area (Å²) >= 11 is 5.95. The van der Waals surface area contributed by atoms with Gasteiger partial charge in [0.25, 0.3) is 0 Å². The molecule has 1 atom stereocenters. The number of carbonyl (C=O) groups excluding carboxylic acids is 1. The Labute approximate surface area is 237 Å². The van der Waals surface area contributed by atoms with Gasteiger partial charge in [-0.15, -0.1) is 0 Å². The van der Waals surface area contributed by atoms with Crippen molar-refractivity contribution in [2.75, 3.05) is 51.4 Å². The summed E-state index contributed by atoms with van der Waals surface area (Å²) in [5.74, 6) is 0.524. The maximum absolute atomic E-state index is 13.7. The number of anilines is 2. The maximum Gasteiger partial charge on any atom is 0.320 e.